The van der Waals surface area contributed by atoms with Gasteiger partial charge in [0.05, 0.1) is 10.4 Å². The van der Waals surface area contributed by atoms with Gasteiger partial charge < -0.3 is 5.11 Å². The van der Waals surface area contributed by atoms with Crippen LogP contribution in [-0.4, -0.2) is 15.5 Å². The SMILES string of the molecule is C[C@H]1CC[C@]2(C)C3CC[C@@]4(C)C(CC[C@@H]4C)C3C[C@@H](O)[C@@]2(Br)C1. The van der Waals surface area contributed by atoms with Gasteiger partial charge in [0.15, 0.2) is 0 Å². The Hall–Kier alpha value is 0.440. The van der Waals surface area contributed by atoms with Crippen molar-refractivity contribution in [3.63, 3.8) is 0 Å². The lowest BCUT2D eigenvalue weighted by Gasteiger charge is -2.65. The molecule has 3 unspecified atom stereocenters. The second-order valence-corrected chi connectivity index (χ2v) is 11.7. The van der Waals surface area contributed by atoms with Crippen molar-refractivity contribution in [2.24, 2.45) is 40.4 Å². The number of aliphatic hydroxyl groups is 1. The van der Waals surface area contributed by atoms with Crippen LogP contribution in [0.15, 0.2) is 0 Å². The van der Waals surface area contributed by atoms with E-state index in [1.54, 1.807) is 0 Å². The molecular weight excluding hydrogens is 348 g/mol. The first-order valence-corrected chi connectivity index (χ1v) is 10.9. The van der Waals surface area contributed by atoms with E-state index < -0.39 is 0 Å². The smallest absolute Gasteiger partial charge is 0.0701 e. The van der Waals surface area contributed by atoms with Gasteiger partial charge in [-0.3, -0.25) is 0 Å². The summed E-state index contributed by atoms with van der Waals surface area (Å²) in [6.07, 6.45) is 10.3. The number of halogens is 1. The van der Waals surface area contributed by atoms with E-state index in [-0.39, 0.29) is 15.8 Å². The molecule has 0 bridgehead atoms. The maximum Gasteiger partial charge on any atom is 0.0701 e. The number of fused-ring (bicyclic) bond motifs is 5. The first-order chi connectivity index (χ1) is 10.7. The predicted octanol–water partition coefficient (Wildman–Crippen LogP) is 5.79. The molecule has 0 aromatic carbocycles. The molecule has 1 nitrogen and oxygen atoms in total. The van der Waals surface area contributed by atoms with Gasteiger partial charge in [0, 0.05) is 0 Å². The Bertz CT molecular complexity index is 492. The van der Waals surface area contributed by atoms with E-state index in [1.807, 2.05) is 0 Å². The summed E-state index contributed by atoms with van der Waals surface area (Å²) in [7, 11) is 0. The molecule has 0 aromatic rings. The quantitative estimate of drug-likeness (QED) is 0.525. The summed E-state index contributed by atoms with van der Waals surface area (Å²) in [5, 5.41) is 11.2. The van der Waals surface area contributed by atoms with Gasteiger partial charge in [-0.2, -0.15) is 0 Å². The van der Waals surface area contributed by atoms with E-state index in [9.17, 15) is 5.11 Å². The van der Waals surface area contributed by atoms with E-state index in [1.165, 1.54) is 38.5 Å². The molecular formula is C21H35BrO. The van der Waals surface area contributed by atoms with Crippen LogP contribution in [0.4, 0.5) is 0 Å². The van der Waals surface area contributed by atoms with Crippen LogP contribution in [0, 0.1) is 40.4 Å². The van der Waals surface area contributed by atoms with Gasteiger partial charge in [-0.1, -0.05) is 50.0 Å². The zero-order chi connectivity index (χ0) is 16.6. The molecule has 0 aliphatic heterocycles. The molecule has 4 aliphatic carbocycles. The van der Waals surface area contributed by atoms with E-state index in [0.29, 0.717) is 5.41 Å². The Kier molecular flexibility index (Phi) is 3.83. The zero-order valence-electron chi connectivity index (χ0n) is 15.4. The van der Waals surface area contributed by atoms with Crippen LogP contribution in [0.2, 0.25) is 0 Å². The summed E-state index contributed by atoms with van der Waals surface area (Å²) in [6.45, 7) is 9.95. The molecule has 0 aromatic heterocycles. The standard InChI is InChI=1S/C21H35BrO/c1-13-7-10-20(4)17-8-9-19(3)14(2)5-6-16(19)15(17)11-18(23)21(20,22)12-13/h13-18,23H,5-12H2,1-4H3/t13-,14-,15?,16?,17?,18+,19+,20+,21-/m0/s1. The average molecular weight is 383 g/mol. The van der Waals surface area contributed by atoms with E-state index in [4.69, 9.17) is 0 Å². The maximum absolute atomic E-state index is 11.2. The largest absolute Gasteiger partial charge is 0.392 e. The Balaban J connectivity index is 1.71. The molecule has 0 heterocycles. The number of aliphatic hydroxyl groups excluding tert-OH is 1. The average Bonchev–Trinajstić information content (AvgIpc) is 2.79. The van der Waals surface area contributed by atoms with Gasteiger partial charge in [0.2, 0.25) is 0 Å². The van der Waals surface area contributed by atoms with Crippen molar-refractivity contribution in [1.82, 2.24) is 0 Å². The normalized spacial score (nSPS) is 62.3. The van der Waals surface area contributed by atoms with Gasteiger partial charge in [0.25, 0.3) is 0 Å². The lowest BCUT2D eigenvalue weighted by Crippen LogP contribution is -2.65. The van der Waals surface area contributed by atoms with Gasteiger partial charge >= 0.3 is 0 Å². The van der Waals surface area contributed by atoms with Gasteiger partial charge in [0.1, 0.15) is 0 Å². The minimum atomic E-state index is -0.158. The lowest BCUT2D eigenvalue weighted by molar-refractivity contribution is -0.144. The van der Waals surface area contributed by atoms with Crippen molar-refractivity contribution in [3.05, 3.63) is 0 Å². The van der Waals surface area contributed by atoms with Crippen LogP contribution >= 0.6 is 15.9 Å². The summed E-state index contributed by atoms with van der Waals surface area (Å²) in [5.41, 5.74) is 0.834. The Labute approximate surface area is 151 Å². The van der Waals surface area contributed by atoms with Crippen LogP contribution in [0.1, 0.15) is 79.1 Å². The second-order valence-electron chi connectivity index (χ2n) is 10.3. The van der Waals surface area contributed by atoms with Crippen LogP contribution in [0.3, 0.4) is 0 Å². The van der Waals surface area contributed by atoms with Crippen molar-refractivity contribution >= 4 is 15.9 Å². The van der Waals surface area contributed by atoms with Gasteiger partial charge in [-0.25, -0.2) is 0 Å². The Morgan fingerprint density at radius 3 is 2.43 bits per heavy atom. The van der Waals surface area contributed by atoms with Crippen LogP contribution < -0.4 is 0 Å². The fraction of sp³-hybridized carbons (Fsp3) is 1.00. The number of alkyl halides is 1. The lowest BCUT2D eigenvalue weighted by atomic mass is 9.43. The summed E-state index contributed by atoms with van der Waals surface area (Å²) in [6, 6.07) is 0. The predicted molar refractivity (Wildman–Crippen MR) is 99.6 cm³/mol. The highest BCUT2D eigenvalue weighted by Gasteiger charge is 2.66. The molecule has 4 fully saturated rings. The van der Waals surface area contributed by atoms with Crippen LogP contribution in [-0.2, 0) is 0 Å². The number of hydrogen-bond donors (Lipinski definition) is 1. The molecule has 0 spiro atoms. The zero-order valence-corrected chi connectivity index (χ0v) is 17.0. The molecule has 4 saturated carbocycles. The second kappa shape index (κ2) is 5.22. The number of hydrogen-bond acceptors (Lipinski definition) is 1. The molecule has 2 heteroatoms. The van der Waals surface area contributed by atoms with Crippen molar-refractivity contribution < 1.29 is 5.11 Å². The minimum absolute atomic E-state index is 0.0310. The monoisotopic (exact) mass is 382 g/mol. The first kappa shape index (κ1) is 16.9. The molecule has 0 saturated heterocycles. The molecule has 132 valence electrons. The van der Waals surface area contributed by atoms with Crippen molar-refractivity contribution in [2.45, 2.75) is 89.5 Å². The molecule has 4 aliphatic rings. The molecule has 0 radical (unpaired) electrons. The molecule has 23 heavy (non-hydrogen) atoms. The topological polar surface area (TPSA) is 20.2 Å². The van der Waals surface area contributed by atoms with E-state index in [0.717, 1.165) is 42.4 Å². The third-order valence-electron chi connectivity index (χ3n) is 9.50. The van der Waals surface area contributed by atoms with Crippen LogP contribution in [0.25, 0.3) is 0 Å². The molecule has 0 amide bonds. The van der Waals surface area contributed by atoms with Crippen LogP contribution in [0.5, 0.6) is 0 Å². The molecule has 4 rings (SSSR count). The Morgan fingerprint density at radius 1 is 0.957 bits per heavy atom. The third kappa shape index (κ3) is 2.06. The summed E-state index contributed by atoms with van der Waals surface area (Å²) >= 11 is 4.14. The molecule has 9 atom stereocenters. The summed E-state index contributed by atoms with van der Waals surface area (Å²) in [5.74, 6) is 4.06. The minimum Gasteiger partial charge on any atom is -0.392 e. The molecule has 1 N–H and O–H groups in total. The van der Waals surface area contributed by atoms with E-state index >= 15 is 0 Å². The highest BCUT2D eigenvalue weighted by atomic mass is 79.9. The highest BCUT2D eigenvalue weighted by Crippen LogP contribution is 2.70. The maximum atomic E-state index is 11.2. The highest BCUT2D eigenvalue weighted by molar-refractivity contribution is 9.10. The third-order valence-corrected chi connectivity index (χ3v) is 11.3. The van der Waals surface area contributed by atoms with Crippen molar-refractivity contribution in [1.29, 1.82) is 0 Å². The van der Waals surface area contributed by atoms with E-state index in [2.05, 4.69) is 43.6 Å². The van der Waals surface area contributed by atoms with Crippen molar-refractivity contribution in [2.75, 3.05) is 0 Å². The van der Waals surface area contributed by atoms with Crippen molar-refractivity contribution in [3.8, 4) is 0 Å². The first-order valence-electron chi connectivity index (χ1n) is 10.1. The van der Waals surface area contributed by atoms with Gasteiger partial charge in [-0.15, -0.1) is 0 Å². The Morgan fingerprint density at radius 2 is 1.70 bits per heavy atom. The number of rotatable bonds is 0. The fourth-order valence-corrected chi connectivity index (χ4v) is 8.95. The fourth-order valence-electron chi connectivity index (χ4n) is 7.72. The van der Waals surface area contributed by atoms with Gasteiger partial charge in [-0.05, 0) is 85.4 Å². The summed E-state index contributed by atoms with van der Waals surface area (Å²) < 4.78 is -0.0310. The summed E-state index contributed by atoms with van der Waals surface area (Å²) in [4.78, 5) is 0.